The summed E-state index contributed by atoms with van der Waals surface area (Å²) in [5.41, 5.74) is 1.74. The molecular formula is C28H41F3O5. The van der Waals surface area contributed by atoms with Gasteiger partial charge in [-0.25, -0.2) is 0 Å². The summed E-state index contributed by atoms with van der Waals surface area (Å²) in [5, 5.41) is 18.8. The van der Waals surface area contributed by atoms with Gasteiger partial charge in [0.05, 0.1) is 18.9 Å². The van der Waals surface area contributed by atoms with E-state index in [1.165, 1.54) is 5.57 Å². The Morgan fingerprint density at radius 1 is 1.11 bits per heavy atom. The van der Waals surface area contributed by atoms with Crippen molar-refractivity contribution in [1.29, 1.82) is 0 Å². The van der Waals surface area contributed by atoms with Crippen molar-refractivity contribution in [2.45, 2.75) is 116 Å². The van der Waals surface area contributed by atoms with Gasteiger partial charge in [0.2, 0.25) is 0 Å². The van der Waals surface area contributed by atoms with Gasteiger partial charge in [-0.2, -0.15) is 13.2 Å². The number of aliphatic carboxylic acids is 1. The number of hydrogen-bond donors (Lipinski definition) is 2. The van der Waals surface area contributed by atoms with Crippen LogP contribution in [0.15, 0.2) is 11.6 Å². The van der Waals surface area contributed by atoms with E-state index in [9.17, 15) is 27.9 Å². The Hall–Kier alpha value is -1.57. The Balaban J connectivity index is 1.36. The Bertz CT molecular complexity index is 870. The summed E-state index contributed by atoms with van der Waals surface area (Å²) >= 11 is 0. The molecule has 0 aromatic carbocycles. The molecule has 8 atom stereocenters. The lowest BCUT2D eigenvalue weighted by Gasteiger charge is -2.58. The molecule has 0 saturated heterocycles. The van der Waals surface area contributed by atoms with E-state index in [1.54, 1.807) is 0 Å². The molecule has 4 rings (SSSR count). The molecule has 204 valence electrons. The first-order valence-corrected chi connectivity index (χ1v) is 13.7. The molecule has 0 spiro atoms. The van der Waals surface area contributed by atoms with Crippen molar-refractivity contribution in [2.75, 3.05) is 0 Å². The van der Waals surface area contributed by atoms with Crippen LogP contribution in [0, 0.1) is 34.5 Å². The minimum absolute atomic E-state index is 0.128. The van der Waals surface area contributed by atoms with Crippen LogP contribution in [0.5, 0.6) is 0 Å². The first kappa shape index (κ1) is 27.5. The van der Waals surface area contributed by atoms with Gasteiger partial charge < -0.3 is 14.9 Å². The number of esters is 1. The second-order valence-electron chi connectivity index (χ2n) is 12.3. The summed E-state index contributed by atoms with van der Waals surface area (Å²) in [6.07, 6.45) is 3.14. The molecule has 0 aliphatic heterocycles. The highest BCUT2D eigenvalue weighted by atomic mass is 19.4. The summed E-state index contributed by atoms with van der Waals surface area (Å²) < 4.78 is 45.1. The largest absolute Gasteiger partial charge is 0.481 e. The number of carbonyl (C=O) groups is 2. The SMILES string of the molecule is CC12CCC3C(CC=C4CC(O)CC[C@@]43C)C1CC[C@@H]2CCCC(OC(=O)CCC(=O)O)C(F)(F)F. The minimum atomic E-state index is -4.66. The zero-order valence-corrected chi connectivity index (χ0v) is 21.5. The van der Waals surface area contributed by atoms with Crippen molar-refractivity contribution in [1.82, 2.24) is 0 Å². The first-order chi connectivity index (χ1) is 16.8. The number of allylic oxidation sites excluding steroid dienone is 1. The standard InChI is InChI=1S/C28H41F3O5/c1-26-15-13-22-20(8-6-18-16-19(32)12-14-27(18,22)2)21(26)9-7-17(26)4-3-5-23(28(29,30)31)36-25(35)11-10-24(33)34/h6,17,19-23,32H,3-5,7-16H2,1-2H3,(H,33,34)/t17-,19?,20?,21?,22?,23?,26?,27-/m0/s1. The van der Waals surface area contributed by atoms with E-state index in [2.05, 4.69) is 24.7 Å². The number of carboxylic acid groups (broad SMARTS) is 1. The minimum Gasteiger partial charge on any atom is -0.481 e. The molecule has 5 nitrogen and oxygen atoms in total. The van der Waals surface area contributed by atoms with Gasteiger partial charge in [-0.1, -0.05) is 25.5 Å². The zero-order valence-electron chi connectivity index (χ0n) is 21.5. The zero-order chi connectivity index (χ0) is 26.3. The molecule has 4 aliphatic carbocycles. The van der Waals surface area contributed by atoms with Gasteiger partial charge in [0.15, 0.2) is 6.10 Å². The summed E-state index contributed by atoms with van der Waals surface area (Å²) in [6, 6.07) is 0. The Morgan fingerprint density at radius 3 is 2.56 bits per heavy atom. The highest BCUT2D eigenvalue weighted by Gasteiger charge is 2.58. The van der Waals surface area contributed by atoms with Gasteiger partial charge >= 0.3 is 18.1 Å². The molecule has 0 radical (unpaired) electrons. The normalized spacial score (nSPS) is 38.8. The lowest BCUT2D eigenvalue weighted by Crippen LogP contribution is -2.50. The van der Waals surface area contributed by atoms with Gasteiger partial charge in [0.1, 0.15) is 0 Å². The van der Waals surface area contributed by atoms with Crippen LogP contribution in [0.3, 0.4) is 0 Å². The van der Waals surface area contributed by atoms with Crippen LogP contribution in [0.1, 0.15) is 97.3 Å². The third kappa shape index (κ3) is 5.34. The number of alkyl halides is 3. The van der Waals surface area contributed by atoms with Crippen LogP contribution < -0.4 is 0 Å². The van der Waals surface area contributed by atoms with Crippen LogP contribution in [0.2, 0.25) is 0 Å². The van der Waals surface area contributed by atoms with Crippen molar-refractivity contribution in [3.05, 3.63) is 11.6 Å². The highest BCUT2D eigenvalue weighted by molar-refractivity contribution is 5.76. The average Bonchev–Trinajstić information content (AvgIpc) is 3.13. The fourth-order valence-corrected chi connectivity index (χ4v) is 8.49. The molecule has 3 fully saturated rings. The maximum atomic E-state index is 13.5. The third-order valence-corrected chi connectivity index (χ3v) is 10.5. The molecule has 0 aromatic heterocycles. The van der Waals surface area contributed by atoms with Gasteiger partial charge in [-0.15, -0.1) is 0 Å². The number of aliphatic hydroxyl groups excluding tert-OH is 1. The molecule has 6 unspecified atom stereocenters. The molecule has 0 heterocycles. The molecule has 3 saturated carbocycles. The lowest BCUT2D eigenvalue weighted by atomic mass is 9.47. The van der Waals surface area contributed by atoms with Crippen molar-refractivity contribution in [2.24, 2.45) is 34.5 Å². The van der Waals surface area contributed by atoms with E-state index in [0.717, 1.165) is 51.4 Å². The van der Waals surface area contributed by atoms with Crippen LogP contribution in [0.4, 0.5) is 13.2 Å². The predicted octanol–water partition coefficient (Wildman–Crippen LogP) is 6.44. The van der Waals surface area contributed by atoms with Crippen molar-refractivity contribution in [3.8, 4) is 0 Å². The summed E-state index contributed by atoms with van der Waals surface area (Å²) in [5.74, 6) is -0.174. The van der Waals surface area contributed by atoms with E-state index >= 15 is 0 Å². The molecular weight excluding hydrogens is 473 g/mol. The van der Waals surface area contributed by atoms with Gasteiger partial charge in [-0.05, 0) is 105 Å². The molecule has 2 N–H and O–H groups in total. The molecule has 4 aliphatic rings. The van der Waals surface area contributed by atoms with Crippen LogP contribution in [-0.4, -0.2) is 40.5 Å². The van der Waals surface area contributed by atoms with E-state index in [0.29, 0.717) is 36.5 Å². The number of halogens is 3. The highest BCUT2D eigenvalue weighted by Crippen LogP contribution is 2.66. The number of aliphatic hydroxyl groups is 1. The van der Waals surface area contributed by atoms with Gasteiger partial charge in [0, 0.05) is 0 Å². The number of fused-ring (bicyclic) bond motifs is 5. The van der Waals surface area contributed by atoms with E-state index < -0.39 is 37.1 Å². The smallest absolute Gasteiger partial charge is 0.425 e. The summed E-state index contributed by atoms with van der Waals surface area (Å²) in [4.78, 5) is 22.3. The van der Waals surface area contributed by atoms with E-state index in [1.807, 2.05) is 0 Å². The summed E-state index contributed by atoms with van der Waals surface area (Å²) in [6.45, 7) is 4.75. The van der Waals surface area contributed by atoms with Crippen LogP contribution in [-0.2, 0) is 14.3 Å². The number of ether oxygens (including phenoxy) is 1. The van der Waals surface area contributed by atoms with E-state index in [-0.39, 0.29) is 23.4 Å². The fraction of sp³-hybridized carbons (Fsp3) is 0.857. The molecule has 0 bridgehead atoms. The predicted molar refractivity (Wildman–Crippen MR) is 128 cm³/mol. The summed E-state index contributed by atoms with van der Waals surface area (Å²) in [7, 11) is 0. The Morgan fingerprint density at radius 2 is 1.86 bits per heavy atom. The number of rotatable bonds is 8. The number of carboxylic acids is 1. The maximum Gasteiger partial charge on any atom is 0.425 e. The molecule has 0 aromatic rings. The monoisotopic (exact) mass is 514 g/mol. The first-order valence-electron chi connectivity index (χ1n) is 13.7. The lowest BCUT2D eigenvalue weighted by molar-refractivity contribution is -0.223. The number of hydrogen-bond acceptors (Lipinski definition) is 4. The Labute approximate surface area is 211 Å². The molecule has 8 heteroatoms. The van der Waals surface area contributed by atoms with Crippen molar-refractivity contribution in [3.63, 3.8) is 0 Å². The van der Waals surface area contributed by atoms with Gasteiger partial charge in [0.25, 0.3) is 0 Å². The van der Waals surface area contributed by atoms with Crippen molar-refractivity contribution < 1.29 is 37.7 Å². The molecule has 0 amide bonds. The van der Waals surface area contributed by atoms with Crippen molar-refractivity contribution >= 4 is 11.9 Å². The molecule has 36 heavy (non-hydrogen) atoms. The van der Waals surface area contributed by atoms with Crippen LogP contribution >= 0.6 is 0 Å². The topological polar surface area (TPSA) is 83.8 Å². The second kappa shape index (κ2) is 10.3. The second-order valence-corrected chi connectivity index (χ2v) is 12.3. The third-order valence-electron chi connectivity index (χ3n) is 10.5. The van der Waals surface area contributed by atoms with Crippen LogP contribution in [0.25, 0.3) is 0 Å². The average molecular weight is 515 g/mol. The quantitative estimate of drug-likeness (QED) is 0.288. The number of carbonyl (C=O) groups excluding carboxylic acids is 1. The Kier molecular flexibility index (Phi) is 7.86. The van der Waals surface area contributed by atoms with Gasteiger partial charge in [-0.3, -0.25) is 9.59 Å². The maximum absolute atomic E-state index is 13.5. The van der Waals surface area contributed by atoms with E-state index in [4.69, 9.17) is 5.11 Å². The fourth-order valence-electron chi connectivity index (χ4n) is 8.49.